The minimum absolute atomic E-state index is 0.0583. The number of aromatic hydroxyl groups is 1. The number of hydrogen-bond acceptors (Lipinski definition) is 6. The maximum Gasteiger partial charge on any atom is 0.276 e. The van der Waals surface area contributed by atoms with Gasteiger partial charge in [-0.15, -0.1) is 5.10 Å². The number of fused-ring (bicyclic) bond motifs is 2. The Hall–Kier alpha value is -4.27. The molecule has 0 bridgehead atoms. The summed E-state index contributed by atoms with van der Waals surface area (Å²) in [5, 5.41) is 21.9. The molecule has 0 radical (unpaired) electrons. The van der Waals surface area contributed by atoms with Gasteiger partial charge in [-0.3, -0.25) is 14.6 Å². The lowest BCUT2D eigenvalue weighted by molar-refractivity contribution is 0.0728. The van der Waals surface area contributed by atoms with E-state index in [4.69, 9.17) is 0 Å². The number of rotatable bonds is 3. The van der Waals surface area contributed by atoms with Gasteiger partial charge in [0.25, 0.3) is 11.8 Å². The number of phenols is 1. The van der Waals surface area contributed by atoms with Crippen molar-refractivity contribution in [3.63, 3.8) is 0 Å². The van der Waals surface area contributed by atoms with Gasteiger partial charge in [0.2, 0.25) is 0 Å². The van der Waals surface area contributed by atoms with E-state index in [-0.39, 0.29) is 23.1 Å². The number of phenolic OH excluding ortho intramolecular Hbond substituents is 1. The van der Waals surface area contributed by atoms with Crippen LogP contribution < -0.4 is 5.32 Å². The molecule has 4 aromatic rings. The zero-order valence-corrected chi connectivity index (χ0v) is 19.8. The first-order chi connectivity index (χ1) is 16.7. The number of hydrogen-bond donors (Lipinski definition) is 2. The fourth-order valence-corrected chi connectivity index (χ4v) is 4.30. The summed E-state index contributed by atoms with van der Waals surface area (Å²) in [4.78, 5) is 32.3. The summed E-state index contributed by atoms with van der Waals surface area (Å²) in [7, 11) is 0. The number of pyridine rings is 1. The van der Waals surface area contributed by atoms with Crippen molar-refractivity contribution in [2.45, 2.75) is 39.3 Å². The van der Waals surface area contributed by atoms with E-state index in [2.05, 4.69) is 20.6 Å². The Bertz CT molecular complexity index is 1450. The molecular weight excluding hydrogens is 444 g/mol. The Morgan fingerprint density at radius 1 is 1.09 bits per heavy atom. The first-order valence-electron chi connectivity index (χ1n) is 11.4. The Morgan fingerprint density at radius 3 is 2.69 bits per heavy atom. The standard InChI is InChI=1S/C26H26N6O3/c1-26(2,3)32-15-21(29-30-32)25(35)31-13-11-17-16(14-31)6-4-7-18(17)24(34)28-20-9-10-22(33)23-19(20)8-5-12-27-23/h4-10,12,15,33H,11,13-14H2,1-3H3,(H,28,34). The van der Waals surface area contributed by atoms with Crippen LogP contribution in [0.15, 0.2) is 54.9 Å². The molecule has 3 heterocycles. The van der Waals surface area contributed by atoms with E-state index in [1.807, 2.05) is 32.9 Å². The molecule has 0 unspecified atom stereocenters. The molecule has 2 aromatic carbocycles. The van der Waals surface area contributed by atoms with Gasteiger partial charge in [0.05, 0.1) is 17.4 Å². The monoisotopic (exact) mass is 470 g/mol. The van der Waals surface area contributed by atoms with Crippen molar-refractivity contribution >= 4 is 28.4 Å². The van der Waals surface area contributed by atoms with Gasteiger partial charge in [-0.25, -0.2) is 4.68 Å². The second-order valence-corrected chi connectivity index (χ2v) is 9.63. The van der Waals surface area contributed by atoms with Gasteiger partial charge < -0.3 is 15.3 Å². The van der Waals surface area contributed by atoms with Gasteiger partial charge in [-0.1, -0.05) is 17.3 Å². The molecule has 0 aliphatic carbocycles. The van der Waals surface area contributed by atoms with Crippen molar-refractivity contribution in [1.82, 2.24) is 24.9 Å². The lowest BCUT2D eigenvalue weighted by Gasteiger charge is -2.29. The molecule has 0 spiro atoms. The minimum Gasteiger partial charge on any atom is -0.506 e. The van der Waals surface area contributed by atoms with E-state index < -0.39 is 0 Å². The molecule has 2 amide bonds. The van der Waals surface area contributed by atoms with Crippen LogP contribution in [0.25, 0.3) is 10.9 Å². The summed E-state index contributed by atoms with van der Waals surface area (Å²) in [6, 6.07) is 12.3. The normalized spacial score (nSPS) is 13.5. The molecule has 0 saturated heterocycles. The lowest BCUT2D eigenvalue weighted by atomic mass is 9.93. The van der Waals surface area contributed by atoms with Crippen molar-refractivity contribution in [3.8, 4) is 5.75 Å². The molecule has 0 atom stereocenters. The van der Waals surface area contributed by atoms with Crippen LogP contribution in [0.1, 0.15) is 52.7 Å². The van der Waals surface area contributed by atoms with E-state index >= 15 is 0 Å². The number of nitrogens with zero attached hydrogens (tertiary/aromatic N) is 5. The summed E-state index contributed by atoms with van der Waals surface area (Å²) >= 11 is 0. The highest BCUT2D eigenvalue weighted by atomic mass is 16.3. The number of benzene rings is 2. The average Bonchev–Trinajstić information content (AvgIpc) is 3.36. The first-order valence-corrected chi connectivity index (χ1v) is 11.4. The molecule has 178 valence electrons. The molecule has 0 fully saturated rings. The Morgan fingerprint density at radius 2 is 1.91 bits per heavy atom. The van der Waals surface area contributed by atoms with E-state index in [1.54, 1.807) is 46.2 Å². The van der Waals surface area contributed by atoms with Gasteiger partial charge in [0, 0.05) is 30.2 Å². The Balaban J connectivity index is 1.37. The average molecular weight is 471 g/mol. The van der Waals surface area contributed by atoms with Crippen LogP contribution in [0.5, 0.6) is 5.75 Å². The highest BCUT2D eigenvalue weighted by Gasteiger charge is 2.27. The predicted octanol–water partition coefficient (Wildman–Crippen LogP) is 3.74. The highest BCUT2D eigenvalue weighted by Crippen LogP contribution is 2.30. The van der Waals surface area contributed by atoms with E-state index in [9.17, 15) is 14.7 Å². The summed E-state index contributed by atoms with van der Waals surface area (Å²) in [6.45, 7) is 6.86. The fourth-order valence-electron chi connectivity index (χ4n) is 4.30. The number of anilines is 1. The smallest absolute Gasteiger partial charge is 0.276 e. The van der Waals surface area contributed by atoms with Gasteiger partial charge in [0.1, 0.15) is 11.3 Å². The third-order valence-corrected chi connectivity index (χ3v) is 6.19. The van der Waals surface area contributed by atoms with Gasteiger partial charge >= 0.3 is 0 Å². The summed E-state index contributed by atoms with van der Waals surface area (Å²) in [5.74, 6) is -0.363. The lowest BCUT2D eigenvalue weighted by Crippen LogP contribution is -2.37. The molecule has 1 aliphatic rings. The Kier molecular flexibility index (Phi) is 5.47. The summed E-state index contributed by atoms with van der Waals surface area (Å²) < 4.78 is 1.68. The number of nitrogens with one attached hydrogen (secondary N) is 1. The van der Waals surface area contributed by atoms with Gasteiger partial charge in [-0.2, -0.15) is 0 Å². The zero-order chi connectivity index (χ0) is 24.7. The van der Waals surface area contributed by atoms with E-state index in [0.717, 1.165) is 11.1 Å². The van der Waals surface area contributed by atoms with Crippen LogP contribution in [0.2, 0.25) is 0 Å². The van der Waals surface area contributed by atoms with Crippen LogP contribution in [0.3, 0.4) is 0 Å². The Labute approximate surface area is 202 Å². The fraction of sp³-hybridized carbons (Fsp3) is 0.269. The van der Waals surface area contributed by atoms with Gasteiger partial charge in [-0.05, 0) is 68.7 Å². The largest absolute Gasteiger partial charge is 0.506 e. The van der Waals surface area contributed by atoms with Crippen LogP contribution >= 0.6 is 0 Å². The number of carbonyl (C=O) groups excluding carboxylic acids is 2. The van der Waals surface area contributed by atoms with Crippen molar-refractivity contribution in [3.05, 3.63) is 77.2 Å². The van der Waals surface area contributed by atoms with Crippen LogP contribution in [-0.2, 0) is 18.5 Å². The topological polar surface area (TPSA) is 113 Å². The van der Waals surface area contributed by atoms with Crippen LogP contribution in [0, 0.1) is 0 Å². The second-order valence-electron chi connectivity index (χ2n) is 9.63. The number of carbonyl (C=O) groups is 2. The van der Waals surface area contributed by atoms with Crippen molar-refractivity contribution < 1.29 is 14.7 Å². The first kappa shape index (κ1) is 22.5. The van der Waals surface area contributed by atoms with Crippen molar-refractivity contribution in [2.24, 2.45) is 0 Å². The van der Waals surface area contributed by atoms with Crippen LogP contribution in [0.4, 0.5) is 5.69 Å². The molecule has 9 nitrogen and oxygen atoms in total. The van der Waals surface area contributed by atoms with Crippen molar-refractivity contribution in [1.29, 1.82) is 0 Å². The predicted molar refractivity (Wildman–Crippen MR) is 131 cm³/mol. The van der Waals surface area contributed by atoms with E-state index in [1.165, 1.54) is 6.07 Å². The minimum atomic E-state index is -0.263. The maximum absolute atomic E-state index is 13.3. The zero-order valence-electron chi connectivity index (χ0n) is 19.8. The molecule has 0 saturated carbocycles. The molecular formula is C26H26N6O3. The molecule has 1 aliphatic heterocycles. The number of amides is 2. The SMILES string of the molecule is CC(C)(C)n1cc(C(=O)N2CCc3c(cccc3C(=O)Nc3ccc(O)c4ncccc34)C2)nn1. The van der Waals surface area contributed by atoms with E-state index in [0.29, 0.717) is 47.4 Å². The third kappa shape index (κ3) is 4.21. The molecule has 5 rings (SSSR count). The third-order valence-electron chi connectivity index (χ3n) is 6.19. The summed E-state index contributed by atoms with van der Waals surface area (Å²) in [6.07, 6.45) is 3.83. The molecule has 9 heteroatoms. The van der Waals surface area contributed by atoms with Crippen molar-refractivity contribution in [2.75, 3.05) is 11.9 Å². The van der Waals surface area contributed by atoms with Gasteiger partial charge in [0.15, 0.2) is 5.69 Å². The maximum atomic E-state index is 13.3. The molecule has 35 heavy (non-hydrogen) atoms. The number of aromatic nitrogens is 4. The highest BCUT2D eigenvalue weighted by molar-refractivity contribution is 6.10. The second kappa shape index (κ2) is 8.50. The molecule has 2 aromatic heterocycles. The summed E-state index contributed by atoms with van der Waals surface area (Å²) in [5.41, 5.74) is 3.47. The molecule has 2 N–H and O–H groups in total. The van der Waals surface area contributed by atoms with Crippen LogP contribution in [-0.4, -0.2) is 48.3 Å². The quantitative estimate of drug-likeness (QED) is 0.441.